The van der Waals surface area contributed by atoms with Gasteiger partial charge in [0.15, 0.2) is 11.6 Å². The predicted molar refractivity (Wildman–Crippen MR) is 181 cm³/mol. The van der Waals surface area contributed by atoms with Crippen molar-refractivity contribution in [1.29, 1.82) is 0 Å². The zero-order chi connectivity index (χ0) is 32.6. The quantitative estimate of drug-likeness (QED) is 0.160. The molecule has 46 heavy (non-hydrogen) atoms. The molecule has 1 aromatic heterocycles. The van der Waals surface area contributed by atoms with E-state index in [-0.39, 0.29) is 24.1 Å². The molecule has 0 saturated carbocycles. The van der Waals surface area contributed by atoms with Crippen LogP contribution in [0, 0.1) is 26.6 Å². The topological polar surface area (TPSA) is 79.8 Å². The number of ether oxygens (including phenoxy) is 2. The van der Waals surface area contributed by atoms with Crippen LogP contribution in [0.25, 0.3) is 0 Å². The van der Waals surface area contributed by atoms with Gasteiger partial charge in [-0.1, -0.05) is 47.3 Å². The Morgan fingerprint density at radius 2 is 1.70 bits per heavy atom. The number of halogens is 3. The first kappa shape index (κ1) is 33.4. The molecule has 242 valence electrons. The van der Waals surface area contributed by atoms with Crippen LogP contribution in [0.1, 0.15) is 47.9 Å². The SMILES string of the molecule is Cc1cc(C)c(OC(=O)N(Cc2cc(Cl)cc(Cl)c2)c2ccnc(Nc3ccc(OCCCN4CCCCC4)c(F)c3)n2)c(C)c1. The average molecular weight is 667 g/mol. The molecule has 1 aliphatic heterocycles. The fourth-order valence-electron chi connectivity index (χ4n) is 5.63. The Morgan fingerprint density at radius 3 is 2.39 bits per heavy atom. The number of anilines is 3. The Hall–Kier alpha value is -3.92. The normalized spacial score (nSPS) is 13.3. The van der Waals surface area contributed by atoms with E-state index in [0.717, 1.165) is 42.7 Å². The molecule has 1 N–H and O–H groups in total. The van der Waals surface area contributed by atoms with Gasteiger partial charge in [0.25, 0.3) is 0 Å². The van der Waals surface area contributed by atoms with Crippen LogP contribution >= 0.6 is 23.2 Å². The Morgan fingerprint density at radius 1 is 0.978 bits per heavy atom. The molecule has 1 amide bonds. The van der Waals surface area contributed by atoms with E-state index in [0.29, 0.717) is 33.7 Å². The van der Waals surface area contributed by atoms with Crippen molar-refractivity contribution in [2.45, 2.75) is 53.0 Å². The van der Waals surface area contributed by atoms with Crippen molar-refractivity contribution in [3.63, 3.8) is 0 Å². The van der Waals surface area contributed by atoms with Gasteiger partial charge in [0.05, 0.1) is 13.2 Å². The van der Waals surface area contributed by atoms with Gasteiger partial charge in [-0.25, -0.2) is 14.2 Å². The van der Waals surface area contributed by atoms with Crippen molar-refractivity contribution in [3.8, 4) is 11.5 Å². The Bertz CT molecular complexity index is 1640. The highest BCUT2D eigenvalue weighted by atomic mass is 35.5. The molecular weight excluding hydrogens is 628 g/mol. The number of carbonyl (C=O) groups is 1. The summed E-state index contributed by atoms with van der Waals surface area (Å²) in [5.41, 5.74) is 3.83. The number of piperidine rings is 1. The third kappa shape index (κ3) is 9.09. The van der Waals surface area contributed by atoms with Crippen LogP contribution in [-0.4, -0.2) is 47.2 Å². The summed E-state index contributed by atoms with van der Waals surface area (Å²) in [5.74, 6) is 0.592. The van der Waals surface area contributed by atoms with Crippen molar-refractivity contribution in [1.82, 2.24) is 14.9 Å². The van der Waals surface area contributed by atoms with Gasteiger partial charge in [-0.3, -0.25) is 4.90 Å². The Labute approximate surface area is 279 Å². The van der Waals surface area contributed by atoms with Crippen LogP contribution in [0.4, 0.5) is 26.6 Å². The van der Waals surface area contributed by atoms with Crippen LogP contribution < -0.4 is 19.7 Å². The number of rotatable bonds is 11. The second kappa shape index (κ2) is 15.6. The molecule has 1 fully saturated rings. The fourth-order valence-corrected chi connectivity index (χ4v) is 6.20. The highest BCUT2D eigenvalue weighted by Gasteiger charge is 2.23. The molecule has 0 spiro atoms. The first-order chi connectivity index (χ1) is 22.1. The number of nitrogens with one attached hydrogen (secondary N) is 1. The number of amides is 1. The lowest BCUT2D eigenvalue weighted by Gasteiger charge is -2.26. The minimum Gasteiger partial charge on any atom is -0.490 e. The van der Waals surface area contributed by atoms with E-state index in [4.69, 9.17) is 32.7 Å². The molecule has 0 unspecified atom stereocenters. The van der Waals surface area contributed by atoms with Gasteiger partial charge >= 0.3 is 6.09 Å². The van der Waals surface area contributed by atoms with Gasteiger partial charge < -0.3 is 19.7 Å². The van der Waals surface area contributed by atoms with Crippen molar-refractivity contribution in [2.75, 3.05) is 36.5 Å². The molecule has 5 rings (SSSR count). The summed E-state index contributed by atoms with van der Waals surface area (Å²) in [6.45, 7) is 9.47. The Balaban J connectivity index is 1.31. The van der Waals surface area contributed by atoms with E-state index in [1.54, 1.807) is 36.4 Å². The maximum absolute atomic E-state index is 14.9. The molecule has 4 aromatic rings. The van der Waals surface area contributed by atoms with Crippen LogP contribution in [-0.2, 0) is 6.54 Å². The molecule has 1 saturated heterocycles. The molecule has 0 atom stereocenters. The zero-order valence-electron chi connectivity index (χ0n) is 26.3. The van der Waals surface area contributed by atoms with E-state index in [1.807, 2.05) is 32.9 Å². The summed E-state index contributed by atoms with van der Waals surface area (Å²) < 4.78 is 26.6. The number of likely N-dealkylation sites (tertiary alicyclic amines) is 1. The molecule has 1 aliphatic rings. The number of hydrogen-bond acceptors (Lipinski definition) is 7. The Kier molecular flexibility index (Phi) is 11.3. The molecular formula is C35H38Cl2FN5O3. The lowest BCUT2D eigenvalue weighted by Crippen LogP contribution is -2.34. The largest absolute Gasteiger partial charge is 0.490 e. The second-order valence-corrected chi connectivity index (χ2v) is 12.4. The summed E-state index contributed by atoms with van der Waals surface area (Å²) in [5, 5.41) is 3.89. The first-order valence-electron chi connectivity index (χ1n) is 15.4. The van der Waals surface area contributed by atoms with Crippen molar-refractivity contribution in [2.24, 2.45) is 0 Å². The maximum atomic E-state index is 14.9. The lowest BCUT2D eigenvalue weighted by atomic mass is 10.1. The summed E-state index contributed by atoms with van der Waals surface area (Å²) in [6.07, 6.45) is 5.47. The van der Waals surface area contributed by atoms with Crippen LogP contribution in [0.2, 0.25) is 10.0 Å². The predicted octanol–water partition coefficient (Wildman–Crippen LogP) is 9.05. The second-order valence-electron chi connectivity index (χ2n) is 11.6. The minimum absolute atomic E-state index is 0.0674. The van der Waals surface area contributed by atoms with Gasteiger partial charge in [-0.15, -0.1) is 0 Å². The lowest BCUT2D eigenvalue weighted by molar-refractivity contribution is 0.203. The van der Waals surface area contributed by atoms with Gasteiger partial charge in [0, 0.05) is 34.5 Å². The summed E-state index contributed by atoms with van der Waals surface area (Å²) in [6, 6.07) is 15.2. The number of hydrogen-bond donors (Lipinski definition) is 1. The van der Waals surface area contributed by atoms with Crippen molar-refractivity contribution >= 4 is 46.7 Å². The van der Waals surface area contributed by atoms with Gasteiger partial charge in [-0.05, 0) is 106 Å². The monoisotopic (exact) mass is 665 g/mol. The number of carbonyl (C=O) groups excluding carboxylic acids is 1. The van der Waals surface area contributed by atoms with Crippen molar-refractivity contribution in [3.05, 3.63) is 98.9 Å². The highest BCUT2D eigenvalue weighted by Crippen LogP contribution is 2.29. The van der Waals surface area contributed by atoms with Crippen LogP contribution in [0.5, 0.6) is 11.5 Å². The number of aromatic nitrogens is 2. The van der Waals surface area contributed by atoms with Gasteiger partial charge in [0.2, 0.25) is 5.95 Å². The summed E-state index contributed by atoms with van der Waals surface area (Å²) in [7, 11) is 0. The molecule has 11 heteroatoms. The van der Waals surface area contributed by atoms with E-state index < -0.39 is 11.9 Å². The number of nitrogens with zero attached hydrogens (tertiary/aromatic N) is 4. The van der Waals surface area contributed by atoms with Crippen molar-refractivity contribution < 1.29 is 18.7 Å². The highest BCUT2D eigenvalue weighted by molar-refractivity contribution is 6.34. The number of benzene rings is 3. The van der Waals surface area contributed by atoms with E-state index in [2.05, 4.69) is 20.2 Å². The summed E-state index contributed by atoms with van der Waals surface area (Å²) >= 11 is 12.5. The third-order valence-electron chi connectivity index (χ3n) is 7.71. The summed E-state index contributed by atoms with van der Waals surface area (Å²) in [4.78, 5) is 26.4. The average Bonchev–Trinajstić information content (AvgIpc) is 3.01. The minimum atomic E-state index is -0.649. The van der Waals surface area contributed by atoms with Gasteiger partial charge in [-0.2, -0.15) is 4.98 Å². The molecule has 2 heterocycles. The van der Waals surface area contributed by atoms with E-state index in [1.165, 1.54) is 36.4 Å². The molecule has 8 nitrogen and oxygen atoms in total. The molecule has 0 aliphatic carbocycles. The molecule has 0 bridgehead atoms. The third-order valence-corrected chi connectivity index (χ3v) is 8.14. The van der Waals surface area contributed by atoms with Crippen LogP contribution in [0.15, 0.2) is 60.8 Å². The molecule has 0 radical (unpaired) electrons. The van der Waals surface area contributed by atoms with E-state index >= 15 is 0 Å². The first-order valence-corrected chi connectivity index (χ1v) is 16.2. The fraction of sp³-hybridized carbons (Fsp3) is 0.343. The number of aryl methyl sites for hydroxylation is 3. The molecule has 3 aromatic carbocycles. The smallest absolute Gasteiger partial charge is 0.421 e. The zero-order valence-corrected chi connectivity index (χ0v) is 27.8. The standard InChI is InChI=1S/C35H38Cl2FN5O3/c1-23-16-24(2)33(25(3)17-23)46-35(44)43(22-26-18-27(36)20-28(37)19-26)32-10-11-39-34(41-32)40-29-8-9-31(30(38)21-29)45-15-7-14-42-12-5-4-6-13-42/h8-11,16-21H,4-7,12-15,22H2,1-3H3,(H,39,40,41). The van der Waals surface area contributed by atoms with E-state index in [9.17, 15) is 9.18 Å². The van der Waals surface area contributed by atoms with Crippen LogP contribution in [0.3, 0.4) is 0 Å². The van der Waals surface area contributed by atoms with Gasteiger partial charge in [0.1, 0.15) is 11.6 Å². The maximum Gasteiger partial charge on any atom is 0.421 e.